The van der Waals surface area contributed by atoms with Gasteiger partial charge in [-0.2, -0.15) is 5.10 Å². The van der Waals surface area contributed by atoms with Gasteiger partial charge in [-0.3, -0.25) is 19.1 Å². The Morgan fingerprint density at radius 3 is 2.71 bits per heavy atom. The lowest BCUT2D eigenvalue weighted by Gasteiger charge is -2.38. The molecule has 0 unspecified atom stereocenters. The molecule has 1 aromatic carbocycles. The zero-order valence-corrected chi connectivity index (χ0v) is 21.6. The van der Waals surface area contributed by atoms with Crippen molar-refractivity contribution in [2.24, 2.45) is 5.92 Å². The number of amides is 1. The second kappa shape index (κ2) is 10.5. The van der Waals surface area contributed by atoms with Crippen molar-refractivity contribution in [2.75, 3.05) is 57.8 Å². The molecule has 202 valence electrons. The van der Waals surface area contributed by atoms with Crippen molar-refractivity contribution in [3.63, 3.8) is 0 Å². The maximum absolute atomic E-state index is 13.3. The zero-order valence-electron chi connectivity index (χ0n) is 21.6. The van der Waals surface area contributed by atoms with Gasteiger partial charge >= 0.3 is 0 Å². The van der Waals surface area contributed by atoms with Crippen LogP contribution in [0.4, 0.5) is 5.69 Å². The van der Waals surface area contributed by atoms with Crippen molar-refractivity contribution in [3.8, 4) is 5.69 Å². The molecule has 2 N–H and O–H groups in total. The summed E-state index contributed by atoms with van der Waals surface area (Å²) < 4.78 is 8.55. The minimum atomic E-state index is -1.04. The second-order valence-corrected chi connectivity index (χ2v) is 10.7. The van der Waals surface area contributed by atoms with E-state index >= 15 is 0 Å². The minimum Gasteiger partial charge on any atom is -0.388 e. The molecule has 2 saturated heterocycles. The Labute approximate surface area is 221 Å². The molecule has 1 amide bonds. The SMILES string of the molecule is O=C(C1CC1)N1CCC(O)(Cn2cnc3c(cnn3-c3cccc(NCCN4CCOCC4)c3)c2=O)CC1. The number of piperidine rings is 1. The summed E-state index contributed by atoms with van der Waals surface area (Å²) in [6.07, 6.45) is 5.88. The highest BCUT2D eigenvalue weighted by Crippen LogP contribution is 2.33. The number of nitrogens with zero attached hydrogens (tertiary/aromatic N) is 6. The minimum absolute atomic E-state index is 0.147. The van der Waals surface area contributed by atoms with Gasteiger partial charge < -0.3 is 20.1 Å². The van der Waals surface area contributed by atoms with Crippen LogP contribution in [0, 0.1) is 5.92 Å². The fourth-order valence-electron chi connectivity index (χ4n) is 5.39. The van der Waals surface area contributed by atoms with E-state index in [0.717, 1.165) is 63.6 Å². The highest BCUT2D eigenvalue weighted by molar-refractivity contribution is 5.81. The first-order valence-corrected chi connectivity index (χ1v) is 13.6. The number of nitrogens with one attached hydrogen (secondary N) is 1. The first-order chi connectivity index (χ1) is 18.5. The average Bonchev–Trinajstić information content (AvgIpc) is 3.70. The number of rotatable bonds is 8. The molecule has 2 aliphatic heterocycles. The Hall–Kier alpha value is -3.28. The van der Waals surface area contributed by atoms with E-state index < -0.39 is 5.60 Å². The number of benzene rings is 1. The molecular formula is C27H35N7O4. The van der Waals surface area contributed by atoms with E-state index in [2.05, 4.69) is 20.3 Å². The van der Waals surface area contributed by atoms with Gasteiger partial charge in [-0.15, -0.1) is 0 Å². The molecule has 3 aliphatic rings. The van der Waals surface area contributed by atoms with Crippen LogP contribution in [0.3, 0.4) is 0 Å². The Balaban J connectivity index is 1.13. The summed E-state index contributed by atoms with van der Waals surface area (Å²) in [5, 5.41) is 19.5. The summed E-state index contributed by atoms with van der Waals surface area (Å²) in [4.78, 5) is 34.4. The number of aliphatic hydroxyl groups is 1. The van der Waals surface area contributed by atoms with Crippen LogP contribution in [-0.4, -0.2) is 98.2 Å². The van der Waals surface area contributed by atoms with Crippen LogP contribution in [0.5, 0.6) is 0 Å². The van der Waals surface area contributed by atoms with Crippen LogP contribution < -0.4 is 10.9 Å². The van der Waals surface area contributed by atoms with E-state index in [0.29, 0.717) is 37.0 Å². The fraction of sp³-hybridized carbons (Fsp3) is 0.556. The van der Waals surface area contributed by atoms with Crippen LogP contribution in [0.2, 0.25) is 0 Å². The van der Waals surface area contributed by atoms with Crippen LogP contribution in [0.1, 0.15) is 25.7 Å². The first-order valence-electron chi connectivity index (χ1n) is 13.6. The number of aromatic nitrogens is 4. The molecule has 3 fully saturated rings. The van der Waals surface area contributed by atoms with Crippen molar-refractivity contribution < 1.29 is 14.6 Å². The third-order valence-electron chi connectivity index (χ3n) is 7.90. The molecule has 0 atom stereocenters. The largest absolute Gasteiger partial charge is 0.388 e. The van der Waals surface area contributed by atoms with E-state index in [9.17, 15) is 14.7 Å². The lowest BCUT2D eigenvalue weighted by atomic mass is 9.91. The van der Waals surface area contributed by atoms with Gasteiger partial charge in [0.05, 0.1) is 37.2 Å². The van der Waals surface area contributed by atoms with E-state index in [-0.39, 0.29) is 23.9 Å². The summed E-state index contributed by atoms with van der Waals surface area (Å²) in [6, 6.07) is 7.90. The summed E-state index contributed by atoms with van der Waals surface area (Å²) in [5.41, 5.74) is 0.991. The predicted molar refractivity (Wildman–Crippen MR) is 142 cm³/mol. The summed E-state index contributed by atoms with van der Waals surface area (Å²) in [6.45, 7) is 6.44. The summed E-state index contributed by atoms with van der Waals surface area (Å²) in [5.74, 6) is 0.384. The monoisotopic (exact) mass is 521 g/mol. The fourth-order valence-corrected chi connectivity index (χ4v) is 5.39. The number of anilines is 1. The Morgan fingerprint density at radius 1 is 1.16 bits per heavy atom. The number of hydrogen-bond donors (Lipinski definition) is 2. The van der Waals surface area contributed by atoms with Gasteiger partial charge in [-0.25, -0.2) is 9.67 Å². The zero-order chi connectivity index (χ0) is 26.1. The summed E-state index contributed by atoms with van der Waals surface area (Å²) in [7, 11) is 0. The normalized spacial score (nSPS) is 20.1. The van der Waals surface area contributed by atoms with Crippen LogP contribution >= 0.6 is 0 Å². The highest BCUT2D eigenvalue weighted by atomic mass is 16.5. The van der Waals surface area contributed by atoms with Crippen molar-refractivity contribution in [3.05, 3.63) is 47.1 Å². The number of fused-ring (bicyclic) bond motifs is 1. The molecule has 0 radical (unpaired) electrons. The summed E-state index contributed by atoms with van der Waals surface area (Å²) >= 11 is 0. The van der Waals surface area contributed by atoms with Crippen molar-refractivity contribution in [2.45, 2.75) is 37.8 Å². The molecule has 1 aliphatic carbocycles. The van der Waals surface area contributed by atoms with Gasteiger partial charge in [-0.1, -0.05) is 6.07 Å². The molecule has 1 saturated carbocycles. The number of likely N-dealkylation sites (tertiary alicyclic amines) is 1. The van der Waals surface area contributed by atoms with Gasteiger partial charge in [-0.05, 0) is 43.9 Å². The quantitative estimate of drug-likeness (QED) is 0.453. The molecular weight excluding hydrogens is 486 g/mol. The second-order valence-electron chi connectivity index (χ2n) is 10.7. The Morgan fingerprint density at radius 2 is 1.95 bits per heavy atom. The number of hydrogen-bond acceptors (Lipinski definition) is 8. The molecule has 38 heavy (non-hydrogen) atoms. The van der Waals surface area contributed by atoms with E-state index in [1.165, 1.54) is 10.9 Å². The highest BCUT2D eigenvalue weighted by Gasteiger charge is 2.39. The molecule has 4 heterocycles. The van der Waals surface area contributed by atoms with E-state index in [1.54, 1.807) is 10.9 Å². The van der Waals surface area contributed by atoms with Gasteiger partial charge in [0.1, 0.15) is 11.7 Å². The van der Waals surface area contributed by atoms with Crippen molar-refractivity contribution in [1.29, 1.82) is 0 Å². The standard InChI is InChI=1S/C27H35N7O4/c35-25(20-4-5-20)32-9-6-27(37,7-10-32)18-33-19-29-24-23(26(33)36)17-30-34(24)22-3-1-2-21(16-22)28-8-11-31-12-14-38-15-13-31/h1-3,16-17,19-20,28,37H,4-15,18H2. The van der Waals surface area contributed by atoms with E-state index in [1.807, 2.05) is 29.2 Å². The van der Waals surface area contributed by atoms with Gasteiger partial charge in [0, 0.05) is 50.9 Å². The third kappa shape index (κ3) is 5.31. The smallest absolute Gasteiger partial charge is 0.264 e. The number of carbonyl (C=O) groups excluding carboxylic acids is 1. The molecule has 0 spiro atoms. The van der Waals surface area contributed by atoms with Gasteiger partial charge in [0.15, 0.2) is 5.65 Å². The Kier molecular flexibility index (Phi) is 6.89. The molecule has 3 aromatic rings. The lowest BCUT2D eigenvalue weighted by Crippen LogP contribution is -2.50. The third-order valence-corrected chi connectivity index (χ3v) is 7.90. The first kappa shape index (κ1) is 25.0. The van der Waals surface area contributed by atoms with Crippen LogP contribution in [0.15, 0.2) is 41.6 Å². The molecule has 11 heteroatoms. The molecule has 0 bridgehead atoms. The lowest BCUT2D eigenvalue weighted by molar-refractivity contribution is -0.137. The average molecular weight is 522 g/mol. The topological polar surface area (TPSA) is 118 Å². The van der Waals surface area contributed by atoms with Crippen LogP contribution in [0.25, 0.3) is 16.7 Å². The number of morpholine rings is 1. The van der Waals surface area contributed by atoms with Crippen molar-refractivity contribution in [1.82, 2.24) is 29.1 Å². The van der Waals surface area contributed by atoms with Gasteiger partial charge in [0.25, 0.3) is 5.56 Å². The van der Waals surface area contributed by atoms with Gasteiger partial charge in [0.2, 0.25) is 5.91 Å². The number of carbonyl (C=O) groups is 1. The predicted octanol–water partition coefficient (Wildman–Crippen LogP) is 1.09. The molecule has 6 rings (SSSR count). The van der Waals surface area contributed by atoms with E-state index in [4.69, 9.17) is 4.74 Å². The van der Waals surface area contributed by atoms with Crippen molar-refractivity contribution >= 4 is 22.6 Å². The maximum atomic E-state index is 13.3. The molecule has 11 nitrogen and oxygen atoms in total. The number of ether oxygens (including phenoxy) is 1. The molecule has 2 aromatic heterocycles. The van der Waals surface area contributed by atoms with Crippen LogP contribution in [-0.2, 0) is 16.1 Å². The Bertz CT molecular complexity index is 1350. The maximum Gasteiger partial charge on any atom is 0.264 e.